The second-order valence-corrected chi connectivity index (χ2v) is 9.75. The Kier molecular flexibility index (Phi) is 4.32. The van der Waals surface area contributed by atoms with Crippen molar-refractivity contribution in [2.75, 3.05) is 23.8 Å². The van der Waals surface area contributed by atoms with Gasteiger partial charge in [-0.3, -0.25) is 0 Å². The van der Waals surface area contributed by atoms with Crippen LogP contribution in [0.25, 0.3) is 22.3 Å². The summed E-state index contributed by atoms with van der Waals surface area (Å²) >= 11 is 0. The van der Waals surface area contributed by atoms with E-state index in [1.165, 1.54) is 6.07 Å². The summed E-state index contributed by atoms with van der Waals surface area (Å²) in [7, 11) is 3.70. The number of hydrogen-bond acceptors (Lipinski definition) is 8. The molecule has 4 aromatic rings. The Morgan fingerprint density at radius 1 is 1.17 bits per heavy atom. The topological polar surface area (TPSA) is 107 Å². The summed E-state index contributed by atoms with van der Waals surface area (Å²) in [5.41, 5.74) is 12.3. The maximum atomic E-state index is 14.6. The largest absolute Gasteiger partial charge is 0.423 e. The highest BCUT2D eigenvalue weighted by Gasteiger charge is 2.45. The van der Waals surface area contributed by atoms with Gasteiger partial charge < -0.3 is 25.3 Å². The zero-order chi connectivity index (χ0) is 23.8. The molecule has 3 aliphatic rings. The zero-order valence-electron chi connectivity index (χ0n) is 19.5. The van der Waals surface area contributed by atoms with E-state index in [1.54, 1.807) is 25.6 Å². The summed E-state index contributed by atoms with van der Waals surface area (Å²) in [4.78, 5) is 20.8. The van der Waals surface area contributed by atoms with E-state index < -0.39 is 0 Å². The number of hydrogen-bond donors (Lipinski definition) is 2. The number of ether oxygens (including phenoxy) is 1. The van der Waals surface area contributed by atoms with E-state index in [0.29, 0.717) is 18.1 Å². The van der Waals surface area contributed by atoms with Crippen LogP contribution >= 0.6 is 0 Å². The molecule has 178 valence electrons. The number of imidazole rings is 1. The van der Waals surface area contributed by atoms with Gasteiger partial charge in [-0.05, 0) is 42.0 Å². The molecular formula is C25H25FN8O. The number of anilines is 2. The number of nitrogens with one attached hydrogen (secondary N) is 1. The lowest BCUT2D eigenvalue weighted by Gasteiger charge is -2.33. The van der Waals surface area contributed by atoms with Crippen molar-refractivity contribution in [2.45, 2.75) is 31.3 Å². The van der Waals surface area contributed by atoms with Crippen LogP contribution in [0.4, 0.5) is 15.9 Å². The van der Waals surface area contributed by atoms with Crippen LogP contribution in [-0.2, 0) is 13.5 Å². The van der Waals surface area contributed by atoms with Crippen molar-refractivity contribution in [3.63, 3.8) is 0 Å². The maximum Gasteiger partial charge on any atom is 0.324 e. The summed E-state index contributed by atoms with van der Waals surface area (Å²) in [6, 6.07) is 5.49. The smallest absolute Gasteiger partial charge is 0.324 e. The SMILES string of the molecule is CNc1cc(F)cc2c1Cc1nc(Oc3cnc4c(c3)ncn4C)nc(N3C[C@H]4C[C@@H](N)[C@@H]3C4)c1-2. The molecule has 0 radical (unpaired) electrons. The lowest BCUT2D eigenvalue weighted by molar-refractivity contribution is 0.435. The summed E-state index contributed by atoms with van der Waals surface area (Å²) < 4.78 is 22.5. The van der Waals surface area contributed by atoms with Crippen molar-refractivity contribution in [1.82, 2.24) is 24.5 Å². The van der Waals surface area contributed by atoms with Gasteiger partial charge in [0.2, 0.25) is 0 Å². The van der Waals surface area contributed by atoms with Crippen LogP contribution in [0.5, 0.6) is 11.8 Å². The lowest BCUT2D eigenvalue weighted by atomic mass is 10.0. The molecule has 2 bridgehead atoms. The van der Waals surface area contributed by atoms with Gasteiger partial charge in [0.25, 0.3) is 0 Å². The molecule has 3 aromatic heterocycles. The van der Waals surface area contributed by atoms with Gasteiger partial charge in [0.15, 0.2) is 11.4 Å². The van der Waals surface area contributed by atoms with Crippen molar-refractivity contribution in [3.05, 3.63) is 47.8 Å². The summed E-state index contributed by atoms with van der Waals surface area (Å²) in [5, 5.41) is 3.13. The summed E-state index contributed by atoms with van der Waals surface area (Å²) in [6.45, 7) is 0.881. The number of benzene rings is 1. The molecule has 4 heterocycles. The summed E-state index contributed by atoms with van der Waals surface area (Å²) in [5.74, 6) is 1.54. The van der Waals surface area contributed by atoms with Crippen molar-refractivity contribution in [2.24, 2.45) is 18.7 Å². The molecule has 2 aliphatic carbocycles. The number of piperidine rings is 1. The third-order valence-electron chi connectivity index (χ3n) is 7.58. The average molecular weight is 473 g/mol. The maximum absolute atomic E-state index is 14.6. The van der Waals surface area contributed by atoms with Crippen LogP contribution in [0, 0.1) is 11.7 Å². The molecule has 10 heteroatoms. The predicted molar refractivity (Wildman–Crippen MR) is 130 cm³/mol. The predicted octanol–water partition coefficient (Wildman–Crippen LogP) is 3.23. The van der Waals surface area contributed by atoms with Crippen molar-refractivity contribution < 1.29 is 9.13 Å². The number of fused-ring (bicyclic) bond motifs is 6. The highest BCUT2D eigenvalue weighted by atomic mass is 19.1. The van der Waals surface area contributed by atoms with Gasteiger partial charge in [-0.25, -0.2) is 14.4 Å². The van der Waals surface area contributed by atoms with E-state index in [0.717, 1.165) is 64.4 Å². The molecule has 3 atom stereocenters. The molecular weight excluding hydrogens is 447 g/mol. The fourth-order valence-electron chi connectivity index (χ4n) is 6.05. The Morgan fingerprint density at radius 2 is 2.06 bits per heavy atom. The van der Waals surface area contributed by atoms with Crippen molar-refractivity contribution >= 4 is 22.7 Å². The van der Waals surface area contributed by atoms with E-state index >= 15 is 0 Å². The van der Waals surface area contributed by atoms with E-state index in [9.17, 15) is 4.39 Å². The van der Waals surface area contributed by atoms with Crippen LogP contribution in [0.1, 0.15) is 24.1 Å². The van der Waals surface area contributed by atoms with E-state index in [-0.39, 0.29) is 23.9 Å². The molecule has 2 fully saturated rings. The first-order valence-electron chi connectivity index (χ1n) is 11.9. The first-order valence-corrected chi connectivity index (χ1v) is 11.9. The minimum Gasteiger partial charge on any atom is -0.423 e. The molecule has 0 spiro atoms. The quantitative estimate of drug-likeness (QED) is 0.411. The summed E-state index contributed by atoms with van der Waals surface area (Å²) in [6.07, 6.45) is 6.01. The molecule has 1 saturated heterocycles. The van der Waals surface area contributed by atoms with E-state index in [2.05, 4.69) is 20.2 Å². The second-order valence-electron chi connectivity index (χ2n) is 9.75. The van der Waals surface area contributed by atoms with Crippen molar-refractivity contribution in [3.8, 4) is 22.9 Å². The number of nitrogens with two attached hydrogens (primary N) is 1. The lowest BCUT2D eigenvalue weighted by Crippen LogP contribution is -2.46. The van der Waals surface area contributed by atoms with Gasteiger partial charge >= 0.3 is 6.01 Å². The van der Waals surface area contributed by atoms with Crippen LogP contribution < -0.4 is 20.7 Å². The second kappa shape index (κ2) is 7.35. The molecule has 3 N–H and O–H groups in total. The molecule has 35 heavy (non-hydrogen) atoms. The Morgan fingerprint density at radius 3 is 2.86 bits per heavy atom. The van der Waals surface area contributed by atoms with E-state index in [4.69, 9.17) is 20.4 Å². The third kappa shape index (κ3) is 3.09. The van der Waals surface area contributed by atoms with Gasteiger partial charge in [-0.2, -0.15) is 9.97 Å². The monoisotopic (exact) mass is 472 g/mol. The first-order chi connectivity index (χ1) is 17.0. The van der Waals surface area contributed by atoms with Crippen LogP contribution in [0.2, 0.25) is 0 Å². The number of nitrogens with zero attached hydrogens (tertiary/aromatic N) is 6. The minimum atomic E-state index is -0.290. The van der Waals surface area contributed by atoms with E-state index in [1.807, 2.05) is 17.7 Å². The molecule has 0 amide bonds. The van der Waals surface area contributed by atoms with Crippen molar-refractivity contribution in [1.29, 1.82) is 0 Å². The first kappa shape index (κ1) is 20.6. The molecule has 1 saturated carbocycles. The fourth-order valence-corrected chi connectivity index (χ4v) is 6.05. The number of rotatable bonds is 4. The Hall–Kier alpha value is -3.79. The fraction of sp³-hybridized carbons (Fsp3) is 0.360. The van der Waals surface area contributed by atoms with Gasteiger partial charge in [0.1, 0.15) is 17.2 Å². The van der Waals surface area contributed by atoms with Gasteiger partial charge in [0, 0.05) is 56.5 Å². The highest BCUT2D eigenvalue weighted by Crippen LogP contribution is 2.49. The number of aromatic nitrogens is 5. The Balaban J connectivity index is 1.36. The Labute approximate surface area is 201 Å². The molecule has 1 aromatic carbocycles. The zero-order valence-corrected chi connectivity index (χ0v) is 19.5. The van der Waals surface area contributed by atoms with Crippen LogP contribution in [0.3, 0.4) is 0 Å². The van der Waals surface area contributed by atoms with Crippen LogP contribution in [-0.4, -0.2) is 50.2 Å². The molecule has 0 unspecified atom stereocenters. The number of aryl methyl sites for hydroxylation is 1. The number of pyridine rings is 1. The number of halogens is 1. The molecule has 7 rings (SSSR count). The standard InChI is InChI=1S/C25H25FN8O/c1-28-18-6-13(26)5-16-15(18)8-19-22(16)24(34-10-12-3-17(27)21(34)4-12)32-25(31-19)35-14-7-20-23(29-9-14)33(2)11-30-20/h5-7,9,11-12,17,21,28H,3-4,8,10,27H2,1-2H3/t12-,17+,21-/m0/s1. The van der Waals surface area contributed by atoms with Gasteiger partial charge in [-0.1, -0.05) is 0 Å². The molecule has 9 nitrogen and oxygen atoms in total. The normalized spacial score (nSPS) is 22.1. The minimum absolute atomic E-state index is 0.0979. The van der Waals surface area contributed by atoms with Gasteiger partial charge in [-0.15, -0.1) is 0 Å². The average Bonchev–Trinajstić information content (AvgIpc) is 3.60. The third-order valence-corrected chi connectivity index (χ3v) is 7.58. The molecule has 1 aliphatic heterocycles. The van der Waals surface area contributed by atoms with Crippen LogP contribution in [0.15, 0.2) is 30.7 Å². The Bertz CT molecular complexity index is 1500. The highest BCUT2D eigenvalue weighted by molar-refractivity contribution is 5.88. The van der Waals surface area contributed by atoms with Gasteiger partial charge in [0.05, 0.1) is 18.2 Å².